The molecular weight excluding hydrogens is 222 g/mol. The van der Waals surface area contributed by atoms with Crippen LogP contribution in [0.4, 0.5) is 0 Å². The monoisotopic (exact) mass is 249 g/mol. The molecule has 0 saturated heterocycles. The predicted molar refractivity (Wildman–Crippen MR) is 75.1 cm³/mol. The number of carbonyl (C=O) groups is 1. The molecule has 2 aliphatic rings. The highest BCUT2D eigenvalue weighted by molar-refractivity contribution is 5.49. The zero-order valence-electron chi connectivity index (χ0n) is 12.2. The number of hydrogen-bond acceptors (Lipinski definition) is 1. The van der Waals surface area contributed by atoms with Gasteiger partial charge in [-0.25, -0.2) is 0 Å². The summed E-state index contributed by atoms with van der Waals surface area (Å²) < 4.78 is 0. The lowest BCUT2D eigenvalue weighted by Crippen LogP contribution is -2.61. The molecule has 18 heavy (non-hydrogen) atoms. The Labute approximate surface area is 111 Å². The number of allylic oxidation sites excluding steroid dienone is 1. The van der Waals surface area contributed by atoms with Gasteiger partial charge in [0.15, 0.2) is 0 Å². The van der Waals surface area contributed by atoms with Gasteiger partial charge in [-0.3, -0.25) is 4.79 Å². The molecule has 2 nitrogen and oxygen atoms in total. The van der Waals surface area contributed by atoms with Crippen LogP contribution in [0, 0.1) is 23.7 Å². The number of nitrogens with one attached hydrogen (secondary N) is 1. The topological polar surface area (TPSA) is 29.1 Å². The highest BCUT2D eigenvalue weighted by atomic mass is 16.1. The maximum atomic E-state index is 11.1. The SMILES string of the molecule is CC1=C[C@H]2[C@H](C(C)C)CC[C@@H](C)[C@]2(NC=O)CC1. The first-order chi connectivity index (χ1) is 8.51. The molecule has 4 atom stereocenters. The minimum Gasteiger partial charge on any atom is -0.352 e. The molecule has 2 heteroatoms. The molecule has 0 aromatic carbocycles. The van der Waals surface area contributed by atoms with E-state index in [-0.39, 0.29) is 5.54 Å². The predicted octanol–water partition coefficient (Wildman–Crippen LogP) is 3.53. The molecule has 0 radical (unpaired) electrons. The fourth-order valence-electron chi connectivity index (χ4n) is 4.24. The maximum absolute atomic E-state index is 11.1. The van der Waals surface area contributed by atoms with Gasteiger partial charge in [-0.1, -0.05) is 32.4 Å². The van der Waals surface area contributed by atoms with Crippen molar-refractivity contribution in [2.45, 2.75) is 58.9 Å². The fourth-order valence-corrected chi connectivity index (χ4v) is 4.24. The Balaban J connectivity index is 2.39. The summed E-state index contributed by atoms with van der Waals surface area (Å²) in [5.41, 5.74) is 1.53. The van der Waals surface area contributed by atoms with Gasteiger partial charge in [0.1, 0.15) is 0 Å². The summed E-state index contributed by atoms with van der Waals surface area (Å²) in [4.78, 5) is 11.1. The summed E-state index contributed by atoms with van der Waals surface area (Å²) in [7, 11) is 0. The van der Waals surface area contributed by atoms with Gasteiger partial charge in [0.2, 0.25) is 6.41 Å². The van der Waals surface area contributed by atoms with Crippen LogP contribution < -0.4 is 5.32 Å². The van der Waals surface area contributed by atoms with E-state index in [0.29, 0.717) is 23.7 Å². The van der Waals surface area contributed by atoms with E-state index in [0.717, 1.165) is 19.3 Å². The Bertz CT molecular complexity index is 347. The second kappa shape index (κ2) is 5.07. The van der Waals surface area contributed by atoms with Gasteiger partial charge in [-0.2, -0.15) is 0 Å². The Morgan fingerprint density at radius 3 is 2.78 bits per heavy atom. The van der Waals surface area contributed by atoms with Crippen LogP contribution in [0.1, 0.15) is 53.4 Å². The smallest absolute Gasteiger partial charge is 0.207 e. The Hall–Kier alpha value is -0.790. The van der Waals surface area contributed by atoms with Crippen molar-refractivity contribution in [3.8, 4) is 0 Å². The van der Waals surface area contributed by atoms with Gasteiger partial charge in [0, 0.05) is 11.5 Å². The van der Waals surface area contributed by atoms with E-state index >= 15 is 0 Å². The van der Waals surface area contributed by atoms with Crippen molar-refractivity contribution in [1.29, 1.82) is 0 Å². The van der Waals surface area contributed by atoms with E-state index in [1.54, 1.807) is 0 Å². The summed E-state index contributed by atoms with van der Waals surface area (Å²) in [5.74, 6) is 2.52. The van der Waals surface area contributed by atoms with Gasteiger partial charge < -0.3 is 5.32 Å². The van der Waals surface area contributed by atoms with Crippen LogP contribution in [0.15, 0.2) is 11.6 Å². The first-order valence-corrected chi connectivity index (χ1v) is 7.40. The molecule has 1 amide bonds. The van der Waals surface area contributed by atoms with E-state index in [1.807, 2.05) is 0 Å². The molecular formula is C16H27NO. The van der Waals surface area contributed by atoms with E-state index in [2.05, 4.69) is 39.1 Å². The molecule has 0 aromatic heterocycles. The quantitative estimate of drug-likeness (QED) is 0.601. The number of hydrogen-bond donors (Lipinski definition) is 1. The molecule has 2 rings (SSSR count). The van der Waals surface area contributed by atoms with Crippen molar-refractivity contribution in [3.63, 3.8) is 0 Å². The third kappa shape index (κ3) is 2.10. The largest absolute Gasteiger partial charge is 0.352 e. The maximum Gasteiger partial charge on any atom is 0.207 e. The lowest BCUT2D eigenvalue weighted by molar-refractivity contribution is -0.114. The molecule has 0 spiro atoms. The summed E-state index contributed by atoms with van der Waals surface area (Å²) in [6.45, 7) is 9.20. The van der Waals surface area contributed by atoms with Crippen LogP contribution >= 0.6 is 0 Å². The van der Waals surface area contributed by atoms with E-state index in [4.69, 9.17) is 0 Å². The molecule has 102 valence electrons. The summed E-state index contributed by atoms with van der Waals surface area (Å²) in [6.07, 6.45) is 8.18. The zero-order chi connectivity index (χ0) is 13.3. The van der Waals surface area contributed by atoms with Crippen LogP contribution in [0.3, 0.4) is 0 Å². The van der Waals surface area contributed by atoms with Crippen molar-refractivity contribution >= 4 is 6.41 Å². The van der Waals surface area contributed by atoms with Gasteiger partial charge in [-0.15, -0.1) is 0 Å². The minimum absolute atomic E-state index is 0.0223. The number of amides is 1. The standard InChI is InChI=1S/C16H27NO/c1-11(2)14-6-5-13(4)16(17-10-18)8-7-12(3)9-15(14)16/h9-11,13-15H,5-8H2,1-4H3,(H,17,18)/t13-,14+,15+,16-/m1/s1. The molecule has 1 saturated carbocycles. The molecule has 2 aliphatic carbocycles. The molecule has 0 aromatic rings. The lowest BCUT2D eigenvalue weighted by Gasteiger charge is -2.54. The second-order valence-corrected chi connectivity index (χ2v) is 6.73. The van der Waals surface area contributed by atoms with Crippen LogP contribution in [-0.2, 0) is 4.79 Å². The number of carbonyl (C=O) groups excluding carboxylic acids is 1. The highest BCUT2D eigenvalue weighted by Crippen LogP contribution is 2.50. The average Bonchev–Trinajstić information content (AvgIpc) is 2.31. The second-order valence-electron chi connectivity index (χ2n) is 6.73. The molecule has 0 unspecified atom stereocenters. The Morgan fingerprint density at radius 1 is 1.44 bits per heavy atom. The van der Waals surface area contributed by atoms with Crippen LogP contribution in [-0.4, -0.2) is 11.9 Å². The third-order valence-electron chi connectivity index (χ3n) is 5.45. The van der Waals surface area contributed by atoms with Crippen molar-refractivity contribution < 1.29 is 4.79 Å². The van der Waals surface area contributed by atoms with Gasteiger partial charge in [-0.05, 0) is 50.4 Å². The fraction of sp³-hybridized carbons (Fsp3) is 0.812. The molecule has 0 bridgehead atoms. The van der Waals surface area contributed by atoms with Crippen LogP contribution in [0.5, 0.6) is 0 Å². The van der Waals surface area contributed by atoms with Crippen LogP contribution in [0.2, 0.25) is 0 Å². The molecule has 1 fully saturated rings. The summed E-state index contributed by atoms with van der Waals surface area (Å²) in [6, 6.07) is 0. The van der Waals surface area contributed by atoms with Crippen LogP contribution in [0.25, 0.3) is 0 Å². The molecule has 0 aliphatic heterocycles. The van der Waals surface area contributed by atoms with Crippen molar-refractivity contribution in [2.75, 3.05) is 0 Å². The van der Waals surface area contributed by atoms with Gasteiger partial charge in [0.05, 0.1) is 0 Å². The zero-order valence-corrected chi connectivity index (χ0v) is 12.2. The van der Waals surface area contributed by atoms with E-state index in [9.17, 15) is 4.79 Å². The van der Waals surface area contributed by atoms with Crippen molar-refractivity contribution in [3.05, 3.63) is 11.6 Å². The molecule has 0 heterocycles. The highest BCUT2D eigenvalue weighted by Gasteiger charge is 2.50. The minimum atomic E-state index is 0.0223. The summed E-state index contributed by atoms with van der Waals surface area (Å²) in [5, 5.41) is 3.23. The third-order valence-corrected chi connectivity index (χ3v) is 5.45. The van der Waals surface area contributed by atoms with Gasteiger partial charge in [0.25, 0.3) is 0 Å². The van der Waals surface area contributed by atoms with E-state index < -0.39 is 0 Å². The molecule has 1 N–H and O–H groups in total. The summed E-state index contributed by atoms with van der Waals surface area (Å²) >= 11 is 0. The number of rotatable bonds is 3. The first kappa shape index (κ1) is 13.6. The Kier molecular flexibility index (Phi) is 3.84. The number of fused-ring (bicyclic) bond motifs is 1. The average molecular weight is 249 g/mol. The normalized spacial score (nSPS) is 40.1. The van der Waals surface area contributed by atoms with Gasteiger partial charge >= 0.3 is 0 Å². The lowest BCUT2D eigenvalue weighted by atomic mass is 9.55. The first-order valence-electron chi connectivity index (χ1n) is 7.40. The van der Waals surface area contributed by atoms with E-state index in [1.165, 1.54) is 18.4 Å². The van der Waals surface area contributed by atoms with Crippen molar-refractivity contribution in [1.82, 2.24) is 5.32 Å². The Morgan fingerprint density at radius 2 is 2.17 bits per heavy atom. The van der Waals surface area contributed by atoms with Crippen molar-refractivity contribution in [2.24, 2.45) is 23.7 Å².